The number of fused-ring (bicyclic) bond motifs is 1. The average Bonchev–Trinajstić information content (AvgIpc) is 3.27. The molecule has 164 valence electrons. The smallest absolute Gasteiger partial charge is 0.305 e. The summed E-state index contributed by atoms with van der Waals surface area (Å²) in [4.78, 5) is 18.0. The lowest BCUT2D eigenvalue weighted by Crippen LogP contribution is -2.41. The van der Waals surface area contributed by atoms with Gasteiger partial charge < -0.3 is 19.6 Å². The number of ketones is 1. The second-order valence-corrected chi connectivity index (χ2v) is 9.14. The van der Waals surface area contributed by atoms with Crippen molar-refractivity contribution in [2.45, 2.75) is 39.2 Å². The molecule has 3 heterocycles. The third-order valence-electron chi connectivity index (χ3n) is 6.16. The highest BCUT2D eigenvalue weighted by Gasteiger charge is 2.45. The van der Waals surface area contributed by atoms with Gasteiger partial charge in [-0.25, -0.2) is 4.57 Å². The summed E-state index contributed by atoms with van der Waals surface area (Å²) >= 11 is 0. The maximum absolute atomic E-state index is 13.4. The molecule has 2 N–H and O–H groups in total. The fourth-order valence-electron chi connectivity index (χ4n) is 4.65. The number of methoxy groups -OCH3 is 1. The van der Waals surface area contributed by atoms with Crippen LogP contribution in [0.5, 0.6) is 11.6 Å². The molecule has 0 bridgehead atoms. The first-order valence-corrected chi connectivity index (χ1v) is 10.6. The van der Waals surface area contributed by atoms with E-state index in [1.54, 1.807) is 19.7 Å². The second-order valence-electron chi connectivity index (χ2n) is 9.14. The van der Waals surface area contributed by atoms with Gasteiger partial charge in [-0.2, -0.15) is 0 Å². The number of hydrogen-bond donors (Lipinski definition) is 1. The van der Waals surface area contributed by atoms with E-state index in [1.807, 2.05) is 41.0 Å². The average molecular weight is 433 g/mol. The molecule has 2 aromatic heterocycles. The number of Topliss-reactive ketones (excluding diaryl/α,β-unsaturated/α-hetero) is 1. The molecule has 2 aliphatic rings. The van der Waals surface area contributed by atoms with Crippen molar-refractivity contribution in [1.29, 1.82) is 0 Å². The van der Waals surface area contributed by atoms with Gasteiger partial charge in [-0.15, -0.1) is 0 Å². The first-order valence-electron chi connectivity index (χ1n) is 10.6. The fraction of sp³-hybridized carbons (Fsp3) is 0.320. The van der Waals surface area contributed by atoms with Crippen LogP contribution in [0.4, 0.5) is 5.82 Å². The van der Waals surface area contributed by atoms with Crippen LogP contribution in [0, 0.1) is 5.41 Å². The number of aromatic nitrogens is 2. The number of furan rings is 1. The Morgan fingerprint density at radius 3 is 2.69 bits per heavy atom. The molecule has 0 radical (unpaired) electrons. The van der Waals surface area contributed by atoms with E-state index in [0.717, 1.165) is 17.1 Å². The van der Waals surface area contributed by atoms with Crippen LogP contribution in [-0.2, 0) is 11.3 Å². The number of carbonyl (C=O) groups is 1. The minimum absolute atomic E-state index is 0.0866. The summed E-state index contributed by atoms with van der Waals surface area (Å²) < 4.78 is 18.8. The van der Waals surface area contributed by atoms with E-state index in [4.69, 9.17) is 19.6 Å². The van der Waals surface area contributed by atoms with Crippen molar-refractivity contribution in [3.8, 4) is 11.6 Å². The minimum Gasteiger partial charge on any atom is -0.497 e. The number of ether oxygens (including phenoxy) is 2. The number of nitrogens with two attached hydrogens (primary N) is 1. The lowest BCUT2D eigenvalue weighted by molar-refractivity contribution is -0.679. The Balaban J connectivity index is 1.68. The zero-order valence-corrected chi connectivity index (χ0v) is 18.4. The van der Waals surface area contributed by atoms with Crippen molar-refractivity contribution in [1.82, 2.24) is 4.98 Å². The summed E-state index contributed by atoms with van der Waals surface area (Å²) in [7, 11) is 1.63. The molecule has 1 aliphatic heterocycles. The number of nitrogen functional groups attached to an aromatic ring is 1. The second kappa shape index (κ2) is 7.51. The SMILES string of the molecule is COc1ccc([C@@H]2C3=C(CC(C)(C)CC3=O)Oc3nc[n+](Cc4ccco4)c(N)c32)cc1. The lowest BCUT2D eigenvalue weighted by Gasteiger charge is -2.37. The molecular weight excluding hydrogens is 406 g/mol. The van der Waals surface area contributed by atoms with Crippen molar-refractivity contribution >= 4 is 11.6 Å². The molecule has 0 fully saturated rings. The van der Waals surface area contributed by atoms with Crippen molar-refractivity contribution in [2.75, 3.05) is 12.8 Å². The van der Waals surface area contributed by atoms with Gasteiger partial charge in [0, 0.05) is 18.4 Å². The molecule has 0 saturated heterocycles. The van der Waals surface area contributed by atoms with Crippen LogP contribution in [0.25, 0.3) is 0 Å². The van der Waals surface area contributed by atoms with Crippen LogP contribution in [0.15, 0.2) is 64.7 Å². The molecule has 3 aromatic rings. The largest absolute Gasteiger partial charge is 0.497 e. The maximum Gasteiger partial charge on any atom is 0.305 e. The monoisotopic (exact) mass is 432 g/mol. The minimum atomic E-state index is -0.361. The summed E-state index contributed by atoms with van der Waals surface area (Å²) in [5.41, 5.74) is 8.82. The highest BCUT2D eigenvalue weighted by atomic mass is 16.5. The molecule has 0 saturated carbocycles. The summed E-state index contributed by atoms with van der Waals surface area (Å²) in [5, 5.41) is 0. The van der Waals surface area contributed by atoms with Crippen LogP contribution < -0.4 is 19.8 Å². The fourth-order valence-corrected chi connectivity index (χ4v) is 4.65. The molecule has 7 heteroatoms. The van der Waals surface area contributed by atoms with Gasteiger partial charge >= 0.3 is 5.88 Å². The van der Waals surface area contributed by atoms with E-state index in [9.17, 15) is 4.79 Å². The van der Waals surface area contributed by atoms with E-state index in [0.29, 0.717) is 48.0 Å². The molecule has 0 amide bonds. The quantitative estimate of drug-likeness (QED) is 0.631. The Kier molecular flexibility index (Phi) is 4.77. The van der Waals surface area contributed by atoms with E-state index in [-0.39, 0.29) is 17.1 Å². The molecule has 1 atom stereocenters. The molecule has 5 rings (SSSR count). The zero-order valence-electron chi connectivity index (χ0n) is 18.4. The van der Waals surface area contributed by atoms with Crippen LogP contribution in [0.3, 0.4) is 0 Å². The van der Waals surface area contributed by atoms with E-state index in [1.165, 1.54) is 0 Å². The van der Waals surface area contributed by atoms with Crippen LogP contribution in [0.2, 0.25) is 0 Å². The van der Waals surface area contributed by atoms with Gasteiger partial charge in [-0.3, -0.25) is 4.79 Å². The normalized spacial score (nSPS) is 19.2. The van der Waals surface area contributed by atoms with Gasteiger partial charge in [0.05, 0.1) is 19.3 Å². The van der Waals surface area contributed by atoms with E-state index >= 15 is 0 Å². The Bertz CT molecular complexity index is 1210. The lowest BCUT2D eigenvalue weighted by atomic mass is 9.70. The third kappa shape index (κ3) is 3.43. The van der Waals surface area contributed by atoms with Crippen LogP contribution >= 0.6 is 0 Å². The topological polar surface area (TPSA) is 91.5 Å². The summed E-state index contributed by atoms with van der Waals surface area (Å²) in [5.74, 6) is 2.87. The van der Waals surface area contributed by atoms with Gasteiger partial charge in [-0.1, -0.05) is 31.0 Å². The molecule has 1 aliphatic carbocycles. The predicted molar refractivity (Wildman–Crippen MR) is 117 cm³/mol. The van der Waals surface area contributed by atoms with Gasteiger partial charge in [0.15, 0.2) is 5.78 Å². The number of rotatable bonds is 4. The van der Waals surface area contributed by atoms with Crippen LogP contribution in [-0.4, -0.2) is 17.9 Å². The van der Waals surface area contributed by atoms with Crippen molar-refractivity contribution in [3.05, 3.63) is 77.2 Å². The van der Waals surface area contributed by atoms with Gasteiger partial charge in [0.1, 0.15) is 29.4 Å². The summed E-state index contributed by atoms with van der Waals surface area (Å²) in [6, 6.07) is 11.5. The van der Waals surface area contributed by atoms with E-state index < -0.39 is 0 Å². The molecule has 0 unspecified atom stereocenters. The summed E-state index contributed by atoms with van der Waals surface area (Å²) in [6.45, 7) is 4.60. The Hall–Kier alpha value is -3.61. The van der Waals surface area contributed by atoms with Gasteiger partial charge in [-0.05, 0) is 35.2 Å². The van der Waals surface area contributed by atoms with E-state index in [2.05, 4.69) is 18.8 Å². The maximum atomic E-state index is 13.4. The standard InChI is InChI=1S/C25H25N3O4/c1-25(2)11-18(29)21-19(12-25)32-24-22(20(21)15-6-8-16(30-3)9-7-15)23(26)28(14-27-24)13-17-5-4-10-31-17/h4-10,14,20,26H,11-13H2,1-3H3/p+1/t20-/m1/s1. The number of anilines is 1. The Morgan fingerprint density at radius 2 is 2.00 bits per heavy atom. The van der Waals surface area contributed by atoms with Crippen molar-refractivity contribution < 1.29 is 23.3 Å². The zero-order chi connectivity index (χ0) is 22.5. The summed E-state index contributed by atoms with van der Waals surface area (Å²) in [6.07, 6.45) is 4.41. The first kappa shape index (κ1) is 20.3. The number of benzene rings is 1. The van der Waals surface area contributed by atoms with Crippen molar-refractivity contribution in [3.63, 3.8) is 0 Å². The van der Waals surface area contributed by atoms with Gasteiger partial charge in [0.25, 0.3) is 0 Å². The predicted octanol–water partition coefficient (Wildman–Crippen LogP) is 3.77. The Labute approximate surface area is 186 Å². The number of allylic oxidation sites excluding steroid dienone is 2. The molecule has 0 spiro atoms. The number of nitrogens with zero attached hydrogens (tertiary/aromatic N) is 2. The first-order chi connectivity index (χ1) is 15.4. The van der Waals surface area contributed by atoms with Crippen molar-refractivity contribution in [2.24, 2.45) is 5.41 Å². The number of carbonyl (C=O) groups excluding carboxylic acids is 1. The van der Waals surface area contributed by atoms with Gasteiger partial charge in [0.2, 0.25) is 12.1 Å². The molecule has 32 heavy (non-hydrogen) atoms. The highest BCUT2D eigenvalue weighted by molar-refractivity contribution is 6.00. The molecular formula is C25H26N3O4+. The highest BCUT2D eigenvalue weighted by Crippen LogP contribution is 2.50. The third-order valence-corrected chi connectivity index (χ3v) is 6.16. The molecule has 1 aromatic carbocycles. The molecule has 7 nitrogen and oxygen atoms in total. The Morgan fingerprint density at radius 1 is 1.22 bits per heavy atom. The van der Waals surface area contributed by atoms with Crippen LogP contribution in [0.1, 0.15) is 49.5 Å². The number of hydrogen-bond acceptors (Lipinski definition) is 6.